The Hall–Kier alpha value is -4.22. The van der Waals surface area contributed by atoms with Gasteiger partial charge in [-0.1, -0.05) is 6.58 Å². The standard InChI is InChI=1S/C31H34O11/c1-3-27(33)37-17-7-5-4-6-16-36-23-12-8-21(9-13-23)30(34)41-24-14-10-22(11-15-24)31(35)42-26-19-39-28-25(40-20(2)32)18-38-29(26)28/h3,8-15,25-26,28-29H,1,4-7,16-19H2,2H3/t25?,26?,28-,29-/m0/s1. The molecule has 224 valence electrons. The van der Waals surface area contributed by atoms with Gasteiger partial charge >= 0.3 is 23.9 Å². The summed E-state index contributed by atoms with van der Waals surface area (Å²) in [4.78, 5) is 47.5. The highest BCUT2D eigenvalue weighted by molar-refractivity contribution is 5.92. The lowest BCUT2D eigenvalue weighted by Crippen LogP contribution is -2.35. The second-order valence-electron chi connectivity index (χ2n) is 9.76. The van der Waals surface area contributed by atoms with E-state index in [2.05, 4.69) is 6.58 Å². The lowest BCUT2D eigenvalue weighted by molar-refractivity contribution is -0.151. The Kier molecular flexibility index (Phi) is 11.1. The summed E-state index contributed by atoms with van der Waals surface area (Å²) in [6, 6.07) is 12.6. The van der Waals surface area contributed by atoms with Crippen LogP contribution >= 0.6 is 0 Å². The van der Waals surface area contributed by atoms with Crippen molar-refractivity contribution in [3.8, 4) is 11.5 Å². The topological polar surface area (TPSA) is 133 Å². The molecule has 0 aromatic heterocycles. The first-order valence-electron chi connectivity index (χ1n) is 13.8. The Morgan fingerprint density at radius 2 is 1.31 bits per heavy atom. The number of ether oxygens (including phenoxy) is 7. The minimum atomic E-state index is -0.631. The molecule has 0 bridgehead atoms. The molecular formula is C31H34O11. The van der Waals surface area contributed by atoms with Gasteiger partial charge < -0.3 is 33.2 Å². The van der Waals surface area contributed by atoms with Crippen LogP contribution in [0.15, 0.2) is 61.2 Å². The zero-order chi connectivity index (χ0) is 29.9. The largest absolute Gasteiger partial charge is 0.494 e. The van der Waals surface area contributed by atoms with E-state index in [1.807, 2.05) is 0 Å². The van der Waals surface area contributed by atoms with Crippen molar-refractivity contribution in [1.82, 2.24) is 0 Å². The van der Waals surface area contributed by atoms with Crippen LogP contribution in [-0.4, -0.2) is 74.7 Å². The minimum Gasteiger partial charge on any atom is -0.494 e. The van der Waals surface area contributed by atoms with Crippen LogP contribution in [0, 0.1) is 0 Å². The third-order valence-corrected chi connectivity index (χ3v) is 6.65. The smallest absolute Gasteiger partial charge is 0.343 e. The van der Waals surface area contributed by atoms with Crippen LogP contribution in [0.2, 0.25) is 0 Å². The second kappa shape index (κ2) is 15.1. The molecule has 42 heavy (non-hydrogen) atoms. The summed E-state index contributed by atoms with van der Waals surface area (Å²) >= 11 is 0. The van der Waals surface area contributed by atoms with Crippen LogP contribution < -0.4 is 9.47 Å². The maximum absolute atomic E-state index is 12.7. The van der Waals surface area contributed by atoms with Gasteiger partial charge in [-0.05, 0) is 74.2 Å². The predicted octanol–water partition coefficient (Wildman–Crippen LogP) is 3.83. The van der Waals surface area contributed by atoms with Crippen molar-refractivity contribution in [2.75, 3.05) is 26.4 Å². The molecule has 0 saturated carbocycles. The van der Waals surface area contributed by atoms with Gasteiger partial charge in [0.25, 0.3) is 0 Å². The molecule has 2 aromatic rings. The van der Waals surface area contributed by atoms with Crippen LogP contribution in [-0.2, 0) is 33.3 Å². The Labute approximate surface area is 243 Å². The van der Waals surface area contributed by atoms with Gasteiger partial charge in [0.15, 0.2) is 12.2 Å². The molecule has 4 rings (SSSR count). The molecule has 0 spiro atoms. The van der Waals surface area contributed by atoms with E-state index in [4.69, 9.17) is 33.2 Å². The van der Waals surface area contributed by atoms with Gasteiger partial charge in [-0.15, -0.1) is 0 Å². The van der Waals surface area contributed by atoms with Crippen LogP contribution in [0.4, 0.5) is 0 Å². The molecular weight excluding hydrogens is 548 g/mol. The lowest BCUT2D eigenvalue weighted by Gasteiger charge is -2.17. The van der Waals surface area contributed by atoms with Gasteiger partial charge in [-0.2, -0.15) is 0 Å². The number of hydrogen-bond donors (Lipinski definition) is 0. The molecule has 4 atom stereocenters. The van der Waals surface area contributed by atoms with Crippen LogP contribution in [0.1, 0.15) is 53.3 Å². The number of hydrogen-bond acceptors (Lipinski definition) is 11. The fraction of sp³-hybridized carbons (Fsp3) is 0.419. The lowest BCUT2D eigenvalue weighted by atomic mass is 10.1. The van der Waals surface area contributed by atoms with Gasteiger partial charge in [-0.25, -0.2) is 14.4 Å². The first-order valence-corrected chi connectivity index (χ1v) is 13.8. The number of carbonyl (C=O) groups is 4. The number of carbonyl (C=O) groups excluding carboxylic acids is 4. The Balaban J connectivity index is 1.16. The zero-order valence-corrected chi connectivity index (χ0v) is 23.4. The predicted molar refractivity (Wildman–Crippen MR) is 147 cm³/mol. The molecule has 11 heteroatoms. The van der Waals surface area contributed by atoms with Gasteiger partial charge in [0.05, 0.1) is 37.6 Å². The van der Waals surface area contributed by atoms with E-state index in [9.17, 15) is 19.2 Å². The molecule has 2 saturated heterocycles. The van der Waals surface area contributed by atoms with Crippen molar-refractivity contribution in [3.63, 3.8) is 0 Å². The van der Waals surface area contributed by atoms with Crippen molar-refractivity contribution in [1.29, 1.82) is 0 Å². The molecule has 0 radical (unpaired) electrons. The van der Waals surface area contributed by atoms with E-state index in [0.717, 1.165) is 31.8 Å². The minimum absolute atomic E-state index is 0.134. The highest BCUT2D eigenvalue weighted by atomic mass is 16.7. The first-order chi connectivity index (χ1) is 20.3. The SMILES string of the molecule is C=CC(=O)OCCCCCCOc1ccc(C(=O)Oc2ccc(C(=O)OC3CO[C@H]4C(OC(C)=O)CO[C@@H]34)cc2)cc1. The van der Waals surface area contributed by atoms with Crippen molar-refractivity contribution in [2.45, 2.75) is 57.0 Å². The van der Waals surface area contributed by atoms with Crippen molar-refractivity contribution in [3.05, 3.63) is 72.3 Å². The van der Waals surface area contributed by atoms with Gasteiger partial charge in [0, 0.05) is 13.0 Å². The highest BCUT2D eigenvalue weighted by Gasteiger charge is 2.51. The Morgan fingerprint density at radius 3 is 1.90 bits per heavy atom. The molecule has 0 amide bonds. The maximum atomic E-state index is 12.7. The molecule has 2 heterocycles. The van der Waals surface area contributed by atoms with Gasteiger partial charge in [0.1, 0.15) is 23.7 Å². The summed E-state index contributed by atoms with van der Waals surface area (Å²) < 4.78 is 38.1. The number of esters is 4. The molecule has 2 unspecified atom stereocenters. The number of rotatable bonds is 14. The van der Waals surface area contributed by atoms with E-state index in [0.29, 0.717) is 24.5 Å². The van der Waals surface area contributed by atoms with E-state index < -0.39 is 48.3 Å². The van der Waals surface area contributed by atoms with E-state index in [1.54, 1.807) is 24.3 Å². The molecule has 2 fully saturated rings. The normalized spacial score (nSPS) is 20.7. The average Bonchev–Trinajstić information content (AvgIpc) is 3.57. The van der Waals surface area contributed by atoms with Crippen molar-refractivity contribution in [2.24, 2.45) is 0 Å². The van der Waals surface area contributed by atoms with E-state index in [1.165, 1.54) is 31.2 Å². The van der Waals surface area contributed by atoms with Crippen molar-refractivity contribution >= 4 is 23.9 Å². The van der Waals surface area contributed by atoms with E-state index in [-0.39, 0.29) is 24.5 Å². The monoisotopic (exact) mass is 582 g/mol. The number of unbranched alkanes of at least 4 members (excludes halogenated alkanes) is 3. The first kappa shape index (κ1) is 30.7. The third kappa shape index (κ3) is 8.64. The van der Waals surface area contributed by atoms with E-state index >= 15 is 0 Å². The fourth-order valence-corrected chi connectivity index (χ4v) is 4.54. The number of fused-ring (bicyclic) bond motifs is 1. The number of benzene rings is 2. The molecule has 0 N–H and O–H groups in total. The summed E-state index contributed by atoms with van der Waals surface area (Å²) in [5, 5.41) is 0. The molecule has 2 aliphatic heterocycles. The molecule has 11 nitrogen and oxygen atoms in total. The summed E-state index contributed by atoms with van der Waals surface area (Å²) in [6.45, 7) is 5.89. The van der Waals surface area contributed by atoms with Gasteiger partial charge in [-0.3, -0.25) is 4.79 Å². The summed E-state index contributed by atoms with van der Waals surface area (Å²) in [5.41, 5.74) is 0.615. The zero-order valence-electron chi connectivity index (χ0n) is 23.4. The Morgan fingerprint density at radius 1 is 0.762 bits per heavy atom. The van der Waals surface area contributed by atoms with Crippen molar-refractivity contribution < 1.29 is 52.3 Å². The summed E-state index contributed by atoms with van der Waals surface area (Å²) in [5.74, 6) is -1.06. The molecule has 2 aromatic carbocycles. The van der Waals surface area contributed by atoms with Crippen LogP contribution in [0.25, 0.3) is 0 Å². The third-order valence-electron chi connectivity index (χ3n) is 6.65. The molecule has 2 aliphatic rings. The fourth-order valence-electron chi connectivity index (χ4n) is 4.54. The molecule has 0 aliphatic carbocycles. The van der Waals surface area contributed by atoms with Crippen LogP contribution in [0.5, 0.6) is 11.5 Å². The summed E-state index contributed by atoms with van der Waals surface area (Å²) in [7, 11) is 0. The average molecular weight is 583 g/mol. The quantitative estimate of drug-likeness (QED) is 0.106. The highest BCUT2D eigenvalue weighted by Crippen LogP contribution is 2.31. The summed E-state index contributed by atoms with van der Waals surface area (Å²) in [6.07, 6.45) is 2.50. The van der Waals surface area contributed by atoms with Gasteiger partial charge in [0.2, 0.25) is 0 Å². The Bertz CT molecular complexity index is 1240. The second-order valence-corrected chi connectivity index (χ2v) is 9.76. The maximum Gasteiger partial charge on any atom is 0.343 e. The van der Waals surface area contributed by atoms with Crippen LogP contribution in [0.3, 0.4) is 0 Å².